The Morgan fingerprint density at radius 1 is 0.929 bits per heavy atom. The highest BCUT2D eigenvalue weighted by Gasteiger charge is 2.09. The zero-order valence-electron chi connectivity index (χ0n) is 16.3. The van der Waals surface area contributed by atoms with Crippen LogP contribution >= 0.6 is 0 Å². The van der Waals surface area contributed by atoms with E-state index in [0.717, 1.165) is 17.5 Å². The van der Waals surface area contributed by atoms with Crippen LogP contribution in [0.3, 0.4) is 0 Å². The highest BCUT2D eigenvalue weighted by atomic mass is 16.5. The van der Waals surface area contributed by atoms with E-state index in [9.17, 15) is 14.4 Å². The van der Waals surface area contributed by atoms with Gasteiger partial charge < -0.3 is 10.1 Å². The van der Waals surface area contributed by atoms with E-state index in [2.05, 4.69) is 16.2 Å². The van der Waals surface area contributed by atoms with E-state index in [-0.39, 0.29) is 12.5 Å². The molecule has 0 atom stereocenters. The fourth-order valence-corrected chi connectivity index (χ4v) is 2.49. The molecule has 2 aromatic rings. The largest absolute Gasteiger partial charge is 0.483 e. The minimum atomic E-state index is -0.475. The molecule has 0 spiro atoms. The summed E-state index contributed by atoms with van der Waals surface area (Å²) in [6.07, 6.45) is 1.21. The van der Waals surface area contributed by atoms with E-state index in [0.29, 0.717) is 23.4 Å². The van der Waals surface area contributed by atoms with Crippen LogP contribution in [-0.4, -0.2) is 24.3 Å². The van der Waals surface area contributed by atoms with Crippen LogP contribution in [-0.2, 0) is 9.59 Å². The zero-order valence-corrected chi connectivity index (χ0v) is 16.3. The van der Waals surface area contributed by atoms with Gasteiger partial charge in [0.15, 0.2) is 6.61 Å². The van der Waals surface area contributed by atoms with E-state index < -0.39 is 11.8 Å². The third-order valence-electron chi connectivity index (χ3n) is 3.91. The molecule has 2 rings (SSSR count). The molecule has 0 unspecified atom stereocenters. The average molecular weight is 383 g/mol. The van der Waals surface area contributed by atoms with Crippen molar-refractivity contribution in [3.8, 4) is 5.75 Å². The van der Waals surface area contributed by atoms with Crippen molar-refractivity contribution in [2.24, 2.45) is 0 Å². The topological polar surface area (TPSA) is 96.5 Å². The Hall–Kier alpha value is -3.35. The van der Waals surface area contributed by atoms with Crippen molar-refractivity contribution in [2.75, 3.05) is 11.9 Å². The third-order valence-corrected chi connectivity index (χ3v) is 3.91. The summed E-state index contributed by atoms with van der Waals surface area (Å²) < 4.78 is 5.46. The maximum Gasteiger partial charge on any atom is 0.276 e. The van der Waals surface area contributed by atoms with Crippen LogP contribution in [0.25, 0.3) is 0 Å². The molecular weight excluding hydrogens is 358 g/mol. The Bertz CT molecular complexity index is 847. The number of nitrogens with one attached hydrogen (secondary N) is 3. The molecule has 0 radical (unpaired) electrons. The minimum absolute atomic E-state index is 0.0734. The molecule has 0 saturated heterocycles. The van der Waals surface area contributed by atoms with Gasteiger partial charge in [-0.15, -0.1) is 0 Å². The Labute approximate surface area is 164 Å². The summed E-state index contributed by atoms with van der Waals surface area (Å²) in [5.41, 5.74) is 7.65. The predicted octanol–water partition coefficient (Wildman–Crippen LogP) is 2.88. The lowest BCUT2D eigenvalue weighted by molar-refractivity contribution is -0.123. The van der Waals surface area contributed by atoms with Crippen LogP contribution < -0.4 is 20.9 Å². The fourth-order valence-electron chi connectivity index (χ4n) is 2.49. The number of amides is 3. The second kappa shape index (κ2) is 10.1. The summed E-state index contributed by atoms with van der Waals surface area (Å²) in [7, 11) is 0. The molecule has 3 amide bonds. The van der Waals surface area contributed by atoms with E-state index in [1.807, 2.05) is 32.9 Å². The summed E-state index contributed by atoms with van der Waals surface area (Å²) in [5.74, 6) is -0.397. The minimum Gasteiger partial charge on any atom is -0.483 e. The number of benzene rings is 2. The molecule has 0 saturated carbocycles. The summed E-state index contributed by atoms with van der Waals surface area (Å²) in [6, 6.07) is 12.1. The highest BCUT2D eigenvalue weighted by molar-refractivity contribution is 5.96. The van der Waals surface area contributed by atoms with Gasteiger partial charge in [0, 0.05) is 17.7 Å². The molecule has 0 aliphatic rings. The first-order valence-electron chi connectivity index (χ1n) is 9.08. The number of carbonyl (C=O) groups excluding carboxylic acids is 3. The van der Waals surface area contributed by atoms with Crippen LogP contribution in [0.5, 0.6) is 5.75 Å². The van der Waals surface area contributed by atoms with Crippen LogP contribution in [0, 0.1) is 13.8 Å². The van der Waals surface area contributed by atoms with Gasteiger partial charge in [0.05, 0.1) is 0 Å². The Balaban J connectivity index is 1.79. The first-order valence-corrected chi connectivity index (χ1v) is 9.08. The van der Waals surface area contributed by atoms with Crippen LogP contribution in [0.1, 0.15) is 41.3 Å². The number of aryl methyl sites for hydroxylation is 2. The lowest BCUT2D eigenvalue weighted by atomic mass is 10.1. The number of hydrazine groups is 1. The number of rotatable bonds is 7. The van der Waals surface area contributed by atoms with Crippen molar-refractivity contribution >= 4 is 23.4 Å². The molecule has 148 valence electrons. The van der Waals surface area contributed by atoms with Crippen LogP contribution in [0.15, 0.2) is 42.5 Å². The van der Waals surface area contributed by atoms with Crippen molar-refractivity contribution in [1.29, 1.82) is 0 Å². The van der Waals surface area contributed by atoms with Gasteiger partial charge in [-0.05, 0) is 56.2 Å². The van der Waals surface area contributed by atoms with Crippen molar-refractivity contribution in [3.05, 3.63) is 59.2 Å². The van der Waals surface area contributed by atoms with Gasteiger partial charge in [-0.25, -0.2) is 0 Å². The standard InChI is InChI=1S/C21H25N3O4/c1-4-5-19(25)22-17-9-7-16(8-10-17)21(27)24-23-20(26)13-28-18-11-6-14(2)12-15(18)3/h6-12H,4-5,13H2,1-3H3,(H,22,25)(H,23,26)(H,24,27). The van der Waals surface area contributed by atoms with E-state index >= 15 is 0 Å². The lowest BCUT2D eigenvalue weighted by Crippen LogP contribution is -2.43. The number of anilines is 1. The number of ether oxygens (including phenoxy) is 1. The Kier molecular flexibility index (Phi) is 7.56. The van der Waals surface area contributed by atoms with Crippen LogP contribution in [0.4, 0.5) is 5.69 Å². The molecule has 28 heavy (non-hydrogen) atoms. The maximum absolute atomic E-state index is 12.1. The van der Waals surface area contributed by atoms with Gasteiger partial charge in [-0.3, -0.25) is 25.2 Å². The van der Waals surface area contributed by atoms with Crippen molar-refractivity contribution < 1.29 is 19.1 Å². The average Bonchev–Trinajstić information content (AvgIpc) is 2.66. The number of hydrogen-bond donors (Lipinski definition) is 3. The summed E-state index contributed by atoms with van der Waals surface area (Å²) in [5, 5.41) is 2.74. The molecule has 0 aliphatic heterocycles. The molecule has 0 heterocycles. The molecule has 7 heteroatoms. The van der Waals surface area contributed by atoms with Gasteiger partial charge >= 0.3 is 0 Å². The Morgan fingerprint density at radius 2 is 1.64 bits per heavy atom. The molecule has 2 aromatic carbocycles. The molecule has 3 N–H and O–H groups in total. The quantitative estimate of drug-likeness (QED) is 0.641. The van der Waals surface area contributed by atoms with Gasteiger partial charge in [-0.1, -0.05) is 24.6 Å². The molecule has 0 aliphatic carbocycles. The van der Waals surface area contributed by atoms with E-state index in [1.54, 1.807) is 30.3 Å². The first-order chi connectivity index (χ1) is 13.4. The van der Waals surface area contributed by atoms with Crippen molar-refractivity contribution in [1.82, 2.24) is 10.9 Å². The third kappa shape index (κ3) is 6.42. The van der Waals surface area contributed by atoms with E-state index in [4.69, 9.17) is 4.74 Å². The monoisotopic (exact) mass is 383 g/mol. The first kappa shape index (κ1) is 21.0. The van der Waals surface area contributed by atoms with Crippen molar-refractivity contribution in [2.45, 2.75) is 33.6 Å². The van der Waals surface area contributed by atoms with Crippen LogP contribution in [0.2, 0.25) is 0 Å². The van der Waals surface area contributed by atoms with Gasteiger partial charge in [0.25, 0.3) is 11.8 Å². The predicted molar refractivity (Wildman–Crippen MR) is 107 cm³/mol. The van der Waals surface area contributed by atoms with Gasteiger partial charge in [-0.2, -0.15) is 0 Å². The molecule has 0 fully saturated rings. The van der Waals surface area contributed by atoms with Gasteiger partial charge in [0.1, 0.15) is 5.75 Å². The molecule has 0 bridgehead atoms. The highest BCUT2D eigenvalue weighted by Crippen LogP contribution is 2.18. The fraction of sp³-hybridized carbons (Fsp3) is 0.286. The smallest absolute Gasteiger partial charge is 0.276 e. The molecule has 7 nitrogen and oxygen atoms in total. The number of carbonyl (C=O) groups is 3. The molecular formula is C21H25N3O4. The maximum atomic E-state index is 12.1. The normalized spacial score (nSPS) is 10.1. The Morgan fingerprint density at radius 3 is 2.29 bits per heavy atom. The summed E-state index contributed by atoms with van der Waals surface area (Å²) in [4.78, 5) is 35.5. The second-order valence-corrected chi connectivity index (χ2v) is 6.44. The zero-order chi connectivity index (χ0) is 20.5. The van der Waals surface area contributed by atoms with Gasteiger partial charge in [0.2, 0.25) is 5.91 Å². The SMILES string of the molecule is CCCC(=O)Nc1ccc(C(=O)NNC(=O)COc2ccc(C)cc2C)cc1. The summed E-state index contributed by atoms with van der Waals surface area (Å²) >= 11 is 0. The lowest BCUT2D eigenvalue weighted by Gasteiger charge is -2.11. The number of hydrogen-bond acceptors (Lipinski definition) is 4. The molecule has 0 aromatic heterocycles. The second-order valence-electron chi connectivity index (χ2n) is 6.44. The summed E-state index contributed by atoms with van der Waals surface area (Å²) in [6.45, 7) is 5.59. The van der Waals surface area contributed by atoms with Crippen molar-refractivity contribution in [3.63, 3.8) is 0 Å². The van der Waals surface area contributed by atoms with E-state index in [1.165, 1.54) is 0 Å².